The maximum absolute atomic E-state index is 11.3. The minimum atomic E-state index is -0.452. The first-order valence-corrected chi connectivity index (χ1v) is 4.84. The molecule has 0 aromatic heterocycles. The summed E-state index contributed by atoms with van der Waals surface area (Å²) in [5.74, 6) is -0.452. The lowest BCUT2D eigenvalue weighted by atomic mass is 10.3. The van der Waals surface area contributed by atoms with Crippen LogP contribution >= 0.6 is 0 Å². The second-order valence-corrected chi connectivity index (χ2v) is 3.13. The summed E-state index contributed by atoms with van der Waals surface area (Å²) < 4.78 is 9.94. The molecule has 0 spiro atoms. The molecule has 0 saturated heterocycles. The smallest absolute Gasteiger partial charge is 0.340 e. The van der Waals surface area contributed by atoms with Gasteiger partial charge in [0.1, 0.15) is 0 Å². The Morgan fingerprint density at radius 3 is 2.67 bits per heavy atom. The van der Waals surface area contributed by atoms with E-state index in [0.717, 1.165) is 12.0 Å². The van der Waals surface area contributed by atoms with Crippen molar-refractivity contribution in [1.29, 1.82) is 0 Å². The molecule has 3 nitrogen and oxygen atoms in total. The molecule has 15 heavy (non-hydrogen) atoms. The minimum absolute atomic E-state index is 0.171. The maximum atomic E-state index is 11.3. The molecule has 0 aliphatic carbocycles. The molecule has 0 saturated carbocycles. The number of rotatable bonds is 7. The summed E-state index contributed by atoms with van der Waals surface area (Å²) in [5, 5.41) is 0. The molecule has 0 fully saturated rings. The van der Waals surface area contributed by atoms with E-state index in [4.69, 9.17) is 9.47 Å². The van der Waals surface area contributed by atoms with E-state index in [2.05, 4.69) is 13.2 Å². The Balaban J connectivity index is 3.89. The van der Waals surface area contributed by atoms with Gasteiger partial charge in [-0.15, -0.1) is 6.58 Å². The molecule has 3 heteroatoms. The number of carbonyl (C=O) groups excluding carboxylic acids is 1. The van der Waals surface area contributed by atoms with Crippen molar-refractivity contribution >= 4 is 5.97 Å². The summed E-state index contributed by atoms with van der Waals surface area (Å²) in [6.07, 6.45) is 3.91. The molecule has 0 aliphatic rings. The van der Waals surface area contributed by atoms with Crippen molar-refractivity contribution in [2.75, 3.05) is 13.2 Å². The first kappa shape index (κ1) is 13.7. The van der Waals surface area contributed by atoms with E-state index < -0.39 is 5.97 Å². The summed E-state index contributed by atoms with van der Waals surface area (Å²) in [7, 11) is 0. The third-order valence-corrected chi connectivity index (χ3v) is 1.73. The predicted molar refractivity (Wildman–Crippen MR) is 60.3 cm³/mol. The van der Waals surface area contributed by atoms with Gasteiger partial charge in [-0.1, -0.05) is 19.6 Å². The number of hydrogen-bond donors (Lipinski definition) is 0. The van der Waals surface area contributed by atoms with Crippen LogP contribution in [-0.4, -0.2) is 19.2 Å². The summed E-state index contributed by atoms with van der Waals surface area (Å²) in [6.45, 7) is 11.5. The van der Waals surface area contributed by atoms with Crippen LogP contribution < -0.4 is 0 Å². The SMILES string of the molecule is C=CCOCC(=C)C(=O)OC=C(C)CC. The largest absolute Gasteiger partial charge is 0.431 e. The normalized spacial score (nSPS) is 10.9. The number of carbonyl (C=O) groups is 1. The number of allylic oxidation sites excluding steroid dienone is 1. The third-order valence-electron chi connectivity index (χ3n) is 1.73. The van der Waals surface area contributed by atoms with Crippen LogP contribution in [0.3, 0.4) is 0 Å². The molecular formula is C12H18O3. The Hall–Kier alpha value is -1.35. The molecule has 0 heterocycles. The molecular weight excluding hydrogens is 192 g/mol. The first-order chi connectivity index (χ1) is 7.11. The zero-order chi connectivity index (χ0) is 11.7. The van der Waals surface area contributed by atoms with Gasteiger partial charge < -0.3 is 9.47 Å². The maximum Gasteiger partial charge on any atom is 0.340 e. The fraction of sp³-hybridized carbons (Fsp3) is 0.417. The van der Waals surface area contributed by atoms with Gasteiger partial charge in [-0.05, 0) is 18.9 Å². The van der Waals surface area contributed by atoms with Crippen LogP contribution in [0.1, 0.15) is 20.3 Å². The van der Waals surface area contributed by atoms with Crippen LogP contribution in [-0.2, 0) is 14.3 Å². The van der Waals surface area contributed by atoms with Crippen LogP contribution in [0.5, 0.6) is 0 Å². The Kier molecular flexibility index (Phi) is 7.28. The first-order valence-electron chi connectivity index (χ1n) is 4.84. The van der Waals surface area contributed by atoms with E-state index in [1.807, 2.05) is 13.8 Å². The fourth-order valence-corrected chi connectivity index (χ4v) is 0.645. The van der Waals surface area contributed by atoms with Crippen molar-refractivity contribution in [2.24, 2.45) is 0 Å². The van der Waals surface area contributed by atoms with Gasteiger partial charge in [0, 0.05) is 0 Å². The number of esters is 1. The Morgan fingerprint density at radius 2 is 2.13 bits per heavy atom. The molecule has 0 rings (SSSR count). The van der Waals surface area contributed by atoms with Crippen LogP contribution in [0.4, 0.5) is 0 Å². The Morgan fingerprint density at radius 1 is 1.47 bits per heavy atom. The van der Waals surface area contributed by atoms with Crippen LogP contribution in [0.2, 0.25) is 0 Å². The summed E-state index contributed by atoms with van der Waals surface area (Å²) >= 11 is 0. The molecule has 0 aromatic carbocycles. The summed E-state index contributed by atoms with van der Waals surface area (Å²) in [4.78, 5) is 11.3. The highest BCUT2D eigenvalue weighted by Crippen LogP contribution is 2.02. The quantitative estimate of drug-likeness (QED) is 0.213. The van der Waals surface area contributed by atoms with E-state index >= 15 is 0 Å². The fourth-order valence-electron chi connectivity index (χ4n) is 0.645. The highest BCUT2D eigenvalue weighted by atomic mass is 16.5. The molecule has 0 N–H and O–H groups in total. The van der Waals surface area contributed by atoms with Crippen LogP contribution in [0.25, 0.3) is 0 Å². The average Bonchev–Trinajstić information content (AvgIpc) is 2.25. The van der Waals surface area contributed by atoms with Crippen molar-refractivity contribution in [1.82, 2.24) is 0 Å². The van der Waals surface area contributed by atoms with Gasteiger partial charge in [0.2, 0.25) is 0 Å². The lowest BCUT2D eigenvalue weighted by Crippen LogP contribution is -2.09. The molecule has 84 valence electrons. The second-order valence-electron chi connectivity index (χ2n) is 3.13. The van der Waals surface area contributed by atoms with E-state index in [1.165, 1.54) is 6.26 Å². The Bertz CT molecular complexity index is 264. The van der Waals surface area contributed by atoms with Crippen molar-refractivity contribution in [3.8, 4) is 0 Å². The van der Waals surface area contributed by atoms with Gasteiger partial charge in [0.25, 0.3) is 0 Å². The third kappa shape index (κ3) is 6.69. The zero-order valence-corrected chi connectivity index (χ0v) is 9.41. The van der Waals surface area contributed by atoms with Gasteiger partial charge in [-0.3, -0.25) is 0 Å². The monoisotopic (exact) mass is 210 g/mol. The van der Waals surface area contributed by atoms with Crippen molar-refractivity contribution in [2.45, 2.75) is 20.3 Å². The molecule has 0 unspecified atom stereocenters. The highest BCUT2D eigenvalue weighted by Gasteiger charge is 2.06. The van der Waals surface area contributed by atoms with Gasteiger partial charge in [-0.25, -0.2) is 4.79 Å². The number of hydrogen-bond acceptors (Lipinski definition) is 3. The second kappa shape index (κ2) is 8.00. The molecule has 0 atom stereocenters. The van der Waals surface area contributed by atoms with Gasteiger partial charge >= 0.3 is 5.97 Å². The van der Waals surface area contributed by atoms with Crippen molar-refractivity contribution in [3.63, 3.8) is 0 Å². The van der Waals surface area contributed by atoms with Crippen molar-refractivity contribution < 1.29 is 14.3 Å². The minimum Gasteiger partial charge on any atom is -0.431 e. The van der Waals surface area contributed by atoms with Gasteiger partial charge in [0.05, 0.1) is 25.0 Å². The van der Waals surface area contributed by atoms with E-state index in [9.17, 15) is 4.79 Å². The number of ether oxygens (including phenoxy) is 2. The Labute approximate surface area is 91.1 Å². The molecule has 0 radical (unpaired) electrons. The molecule has 0 aromatic rings. The molecule has 0 aliphatic heterocycles. The van der Waals surface area contributed by atoms with E-state index in [-0.39, 0.29) is 6.61 Å². The summed E-state index contributed by atoms with van der Waals surface area (Å²) in [5.41, 5.74) is 1.31. The lowest BCUT2D eigenvalue weighted by Gasteiger charge is -2.04. The molecule has 0 bridgehead atoms. The highest BCUT2D eigenvalue weighted by molar-refractivity contribution is 5.88. The predicted octanol–water partition coefficient (Wildman–Crippen LogP) is 2.60. The van der Waals surface area contributed by atoms with Crippen molar-refractivity contribution in [3.05, 3.63) is 36.6 Å². The van der Waals surface area contributed by atoms with E-state index in [0.29, 0.717) is 12.2 Å². The molecule has 0 amide bonds. The van der Waals surface area contributed by atoms with Crippen LogP contribution in [0, 0.1) is 0 Å². The summed E-state index contributed by atoms with van der Waals surface area (Å²) in [6, 6.07) is 0. The van der Waals surface area contributed by atoms with Gasteiger partial charge in [0.15, 0.2) is 0 Å². The topological polar surface area (TPSA) is 35.5 Å². The standard InChI is InChI=1S/C12H18O3/c1-5-7-14-9-11(4)12(13)15-8-10(3)6-2/h5,8H,1,4,6-7,9H2,2-3H3. The van der Waals surface area contributed by atoms with E-state index in [1.54, 1.807) is 6.08 Å². The lowest BCUT2D eigenvalue weighted by molar-refractivity contribution is -0.134. The zero-order valence-electron chi connectivity index (χ0n) is 9.41. The average molecular weight is 210 g/mol. The van der Waals surface area contributed by atoms with Crippen LogP contribution in [0.15, 0.2) is 36.6 Å². The van der Waals surface area contributed by atoms with Gasteiger partial charge in [-0.2, -0.15) is 0 Å².